The van der Waals surface area contributed by atoms with Gasteiger partial charge < -0.3 is 4.74 Å². The van der Waals surface area contributed by atoms with Crippen molar-refractivity contribution in [3.05, 3.63) is 49.0 Å². The zero-order valence-electron chi connectivity index (χ0n) is 9.61. The van der Waals surface area contributed by atoms with E-state index in [1.807, 2.05) is 30.3 Å². The van der Waals surface area contributed by atoms with Gasteiger partial charge in [0.1, 0.15) is 5.75 Å². The number of nitrogens with one attached hydrogen (secondary N) is 1. The molecule has 0 spiro atoms. The third-order valence-corrected chi connectivity index (χ3v) is 5.00. The van der Waals surface area contributed by atoms with Crippen LogP contribution in [0.15, 0.2) is 37.9 Å². The third-order valence-electron chi connectivity index (χ3n) is 2.61. The second-order valence-corrected chi connectivity index (χ2v) is 7.37. The quantitative estimate of drug-likeness (QED) is 0.614. The second kappa shape index (κ2) is 6.16. The van der Waals surface area contributed by atoms with Crippen LogP contribution < -0.4 is 16.0 Å². The molecule has 0 saturated carbocycles. The Balaban J connectivity index is 2.48. The highest BCUT2D eigenvalue weighted by atomic mass is 79.9. The summed E-state index contributed by atoms with van der Waals surface area (Å²) in [6.45, 7) is 0. The number of hydrogen-bond acceptors (Lipinski definition) is 4. The highest BCUT2D eigenvalue weighted by molar-refractivity contribution is 9.12. The Kier molecular flexibility index (Phi) is 4.80. The van der Waals surface area contributed by atoms with E-state index in [1.54, 1.807) is 18.4 Å². The van der Waals surface area contributed by atoms with Crippen LogP contribution in [0.1, 0.15) is 17.2 Å². The molecule has 1 aromatic heterocycles. The summed E-state index contributed by atoms with van der Waals surface area (Å²) >= 11 is 8.65. The average Bonchev–Trinajstić information content (AvgIpc) is 2.70. The summed E-state index contributed by atoms with van der Waals surface area (Å²) in [5.41, 5.74) is 4.93. The maximum atomic E-state index is 5.70. The summed E-state index contributed by atoms with van der Waals surface area (Å²) in [6.07, 6.45) is 0. The predicted molar refractivity (Wildman–Crippen MR) is 81.9 cm³/mol. The summed E-state index contributed by atoms with van der Waals surface area (Å²) in [4.78, 5) is 0. The van der Waals surface area contributed by atoms with Crippen LogP contribution in [-0.4, -0.2) is 7.11 Å². The monoisotopic (exact) mass is 390 g/mol. The Morgan fingerprint density at radius 1 is 1.28 bits per heavy atom. The van der Waals surface area contributed by atoms with Crippen molar-refractivity contribution in [1.82, 2.24) is 5.43 Å². The summed E-state index contributed by atoms with van der Waals surface area (Å²) in [7, 11) is 1.66. The molecular formula is C12H12Br2N2OS. The molecule has 3 N–H and O–H groups in total. The average molecular weight is 392 g/mol. The van der Waals surface area contributed by atoms with E-state index in [1.165, 1.54) is 0 Å². The third kappa shape index (κ3) is 2.78. The maximum absolute atomic E-state index is 5.70. The highest BCUT2D eigenvalue weighted by Crippen LogP contribution is 2.39. The van der Waals surface area contributed by atoms with Crippen LogP contribution in [-0.2, 0) is 0 Å². The van der Waals surface area contributed by atoms with E-state index >= 15 is 0 Å². The molecule has 2 aromatic rings. The van der Waals surface area contributed by atoms with E-state index in [9.17, 15) is 0 Å². The van der Waals surface area contributed by atoms with Crippen molar-refractivity contribution in [2.24, 2.45) is 5.84 Å². The van der Waals surface area contributed by atoms with Gasteiger partial charge in [0.05, 0.1) is 20.7 Å². The van der Waals surface area contributed by atoms with Gasteiger partial charge in [-0.1, -0.05) is 18.2 Å². The smallest absolute Gasteiger partial charge is 0.124 e. The van der Waals surface area contributed by atoms with Crippen molar-refractivity contribution in [2.45, 2.75) is 6.04 Å². The minimum Gasteiger partial charge on any atom is -0.496 e. The first-order chi connectivity index (χ1) is 8.67. The van der Waals surface area contributed by atoms with Gasteiger partial charge in [0.25, 0.3) is 0 Å². The van der Waals surface area contributed by atoms with E-state index in [2.05, 4.69) is 37.3 Å². The first-order valence-corrected chi connectivity index (χ1v) is 7.61. The molecule has 1 heterocycles. The fraction of sp³-hybridized carbons (Fsp3) is 0.167. The number of nitrogens with two attached hydrogens (primary N) is 1. The largest absolute Gasteiger partial charge is 0.496 e. The number of para-hydroxylation sites is 1. The van der Waals surface area contributed by atoms with E-state index in [0.29, 0.717) is 0 Å². The SMILES string of the molecule is COc1ccccc1C(NN)c1cc(Br)sc1Br. The number of rotatable bonds is 4. The molecule has 1 atom stereocenters. The number of thiophene rings is 1. The van der Waals surface area contributed by atoms with Crippen molar-refractivity contribution in [1.29, 1.82) is 0 Å². The van der Waals surface area contributed by atoms with Crippen LogP contribution in [0.3, 0.4) is 0 Å². The molecule has 0 aliphatic rings. The van der Waals surface area contributed by atoms with Crippen LogP contribution in [0.2, 0.25) is 0 Å². The zero-order chi connectivity index (χ0) is 13.1. The molecule has 1 unspecified atom stereocenters. The first kappa shape index (κ1) is 14.0. The molecular weight excluding hydrogens is 380 g/mol. The second-order valence-electron chi connectivity index (χ2n) is 3.62. The summed E-state index contributed by atoms with van der Waals surface area (Å²) < 4.78 is 7.48. The molecule has 0 bridgehead atoms. The van der Waals surface area contributed by atoms with Gasteiger partial charge in [0.15, 0.2) is 0 Å². The van der Waals surface area contributed by atoms with Crippen LogP contribution >= 0.6 is 43.2 Å². The van der Waals surface area contributed by atoms with Crippen LogP contribution in [0.5, 0.6) is 5.75 Å². The fourth-order valence-electron chi connectivity index (χ4n) is 1.80. The predicted octanol–water partition coefficient (Wildman–Crippen LogP) is 3.83. The van der Waals surface area contributed by atoms with Gasteiger partial charge in [-0.3, -0.25) is 5.84 Å². The number of hydrogen-bond donors (Lipinski definition) is 2. The maximum Gasteiger partial charge on any atom is 0.124 e. The van der Waals surface area contributed by atoms with Crippen molar-refractivity contribution in [3.63, 3.8) is 0 Å². The Labute approximate surface area is 127 Å². The molecule has 2 rings (SSSR count). The summed E-state index contributed by atoms with van der Waals surface area (Å²) in [5.74, 6) is 6.52. The van der Waals surface area contributed by atoms with E-state index in [4.69, 9.17) is 10.6 Å². The van der Waals surface area contributed by atoms with Crippen molar-refractivity contribution in [2.75, 3.05) is 7.11 Å². The number of methoxy groups -OCH3 is 1. The van der Waals surface area contributed by atoms with Gasteiger partial charge >= 0.3 is 0 Å². The van der Waals surface area contributed by atoms with Gasteiger partial charge in [0, 0.05) is 11.1 Å². The van der Waals surface area contributed by atoms with Crippen molar-refractivity contribution >= 4 is 43.2 Å². The van der Waals surface area contributed by atoms with Crippen molar-refractivity contribution < 1.29 is 4.74 Å². The topological polar surface area (TPSA) is 47.3 Å². The Morgan fingerprint density at radius 2 is 2.00 bits per heavy atom. The summed E-state index contributed by atoms with van der Waals surface area (Å²) in [6, 6.07) is 9.77. The lowest BCUT2D eigenvalue weighted by Crippen LogP contribution is -2.29. The molecule has 18 heavy (non-hydrogen) atoms. The Morgan fingerprint density at radius 3 is 2.56 bits per heavy atom. The normalized spacial score (nSPS) is 12.4. The van der Waals surface area contributed by atoms with Gasteiger partial charge in [0.2, 0.25) is 0 Å². The number of ether oxygens (including phenoxy) is 1. The van der Waals surface area contributed by atoms with Gasteiger partial charge in [-0.25, -0.2) is 5.43 Å². The van der Waals surface area contributed by atoms with E-state index < -0.39 is 0 Å². The highest BCUT2D eigenvalue weighted by Gasteiger charge is 2.20. The molecule has 0 amide bonds. The standard InChI is InChI=1S/C12H12Br2N2OS/c1-17-9-5-3-2-4-7(9)11(16-15)8-6-10(13)18-12(8)14/h2-6,11,16H,15H2,1H3. The first-order valence-electron chi connectivity index (χ1n) is 5.21. The molecule has 1 aromatic carbocycles. The van der Waals surface area contributed by atoms with Crippen LogP contribution in [0.4, 0.5) is 0 Å². The molecule has 0 aliphatic carbocycles. The minimum atomic E-state index is -0.113. The Bertz CT molecular complexity index is 545. The molecule has 3 nitrogen and oxygen atoms in total. The minimum absolute atomic E-state index is 0.113. The Hall–Kier alpha value is -0.400. The molecule has 0 radical (unpaired) electrons. The molecule has 0 saturated heterocycles. The number of hydrazine groups is 1. The molecule has 6 heteroatoms. The van der Waals surface area contributed by atoms with E-state index in [-0.39, 0.29) is 6.04 Å². The van der Waals surface area contributed by atoms with Crippen molar-refractivity contribution in [3.8, 4) is 5.75 Å². The molecule has 0 fully saturated rings. The lowest BCUT2D eigenvalue weighted by molar-refractivity contribution is 0.404. The molecule has 0 aliphatic heterocycles. The number of halogens is 2. The summed E-state index contributed by atoms with van der Waals surface area (Å²) in [5, 5.41) is 0. The fourth-order valence-corrected chi connectivity index (χ4v) is 4.70. The van der Waals surface area contributed by atoms with Gasteiger partial charge in [-0.2, -0.15) is 0 Å². The lowest BCUT2D eigenvalue weighted by atomic mass is 10.0. The van der Waals surface area contributed by atoms with Gasteiger partial charge in [-0.15, -0.1) is 11.3 Å². The number of benzene rings is 1. The van der Waals surface area contributed by atoms with Gasteiger partial charge in [-0.05, 0) is 44.0 Å². The lowest BCUT2D eigenvalue weighted by Gasteiger charge is -2.18. The van der Waals surface area contributed by atoms with Crippen LogP contribution in [0, 0.1) is 0 Å². The molecule has 96 valence electrons. The van der Waals surface area contributed by atoms with E-state index in [0.717, 1.165) is 24.4 Å². The zero-order valence-corrected chi connectivity index (χ0v) is 13.6. The van der Waals surface area contributed by atoms with Crippen LogP contribution in [0.25, 0.3) is 0 Å².